The highest BCUT2D eigenvalue weighted by atomic mass is 31.2. The number of aliphatic hydroxyl groups is 1. The number of ether oxygens (including phenoxy) is 4. The molecule has 0 radical (unpaired) electrons. The molecule has 576 valence electrons. The zero-order valence-electron chi connectivity index (χ0n) is 63.4. The molecule has 0 aliphatic carbocycles. The van der Waals surface area contributed by atoms with Gasteiger partial charge >= 0.3 is 39.5 Å². The molecule has 0 aromatic rings. The molecule has 0 saturated carbocycles. The minimum Gasteiger partial charge on any atom is -0.462 e. The van der Waals surface area contributed by atoms with Crippen molar-refractivity contribution >= 4 is 39.5 Å². The second kappa shape index (κ2) is 69.8. The number of hydrogen-bond acceptors (Lipinski definition) is 15. The number of aliphatic hydroxyl groups excluding tert-OH is 1. The van der Waals surface area contributed by atoms with Gasteiger partial charge in [-0.15, -0.1) is 0 Å². The van der Waals surface area contributed by atoms with E-state index in [1.165, 1.54) is 218 Å². The fourth-order valence-corrected chi connectivity index (χ4v) is 13.6. The van der Waals surface area contributed by atoms with Gasteiger partial charge in [0.05, 0.1) is 26.4 Å². The topological polar surface area (TPSA) is 237 Å². The summed E-state index contributed by atoms with van der Waals surface area (Å²) in [5, 5.41) is 10.6. The first-order valence-corrected chi connectivity index (χ1v) is 43.5. The molecule has 97 heavy (non-hydrogen) atoms. The number of hydrogen-bond donors (Lipinski definition) is 3. The summed E-state index contributed by atoms with van der Waals surface area (Å²) in [5.74, 6) is -0.720. The van der Waals surface area contributed by atoms with Crippen LogP contribution in [0.2, 0.25) is 0 Å². The summed E-state index contributed by atoms with van der Waals surface area (Å²) in [6, 6.07) is 0. The maximum absolute atomic E-state index is 13.1. The molecule has 0 aromatic carbocycles. The van der Waals surface area contributed by atoms with Crippen LogP contribution in [0.25, 0.3) is 0 Å². The van der Waals surface area contributed by atoms with Crippen LogP contribution in [0.3, 0.4) is 0 Å². The van der Waals surface area contributed by atoms with Crippen LogP contribution in [0.4, 0.5) is 0 Å². The summed E-state index contributed by atoms with van der Waals surface area (Å²) >= 11 is 0. The van der Waals surface area contributed by atoms with E-state index in [1.807, 2.05) is 0 Å². The highest BCUT2D eigenvalue weighted by Crippen LogP contribution is 2.45. The Balaban J connectivity index is 5.19. The first-order chi connectivity index (χ1) is 46.9. The molecule has 3 unspecified atom stereocenters. The van der Waals surface area contributed by atoms with Crippen molar-refractivity contribution in [1.82, 2.24) is 0 Å². The molecule has 19 heteroatoms. The van der Waals surface area contributed by atoms with Gasteiger partial charge in [-0.25, -0.2) is 9.13 Å². The Morgan fingerprint density at radius 1 is 0.299 bits per heavy atom. The van der Waals surface area contributed by atoms with Crippen LogP contribution in [-0.2, 0) is 65.4 Å². The average molecular weight is 1420 g/mol. The van der Waals surface area contributed by atoms with E-state index in [9.17, 15) is 43.2 Å². The van der Waals surface area contributed by atoms with Crippen LogP contribution in [0.1, 0.15) is 408 Å². The van der Waals surface area contributed by atoms with E-state index in [2.05, 4.69) is 41.5 Å². The Morgan fingerprint density at radius 3 is 0.784 bits per heavy atom. The van der Waals surface area contributed by atoms with Crippen molar-refractivity contribution in [3.63, 3.8) is 0 Å². The smallest absolute Gasteiger partial charge is 0.462 e. The Kier molecular flexibility index (Phi) is 68.4. The SMILES string of the molecule is CCCCCCCCCCCCCCCCCCCCCCC(=O)O[C@H](COC(=O)CCCCCCCCCCCCCCCCCCCC)COP(=O)(O)OC[C@@H](O)COP(=O)(O)OC[C@@H](COC(=O)CCCCCCCCC(C)C)OC(=O)CCCCCCCCC(C)CC. The zero-order chi connectivity index (χ0) is 71.4. The minimum absolute atomic E-state index is 0.102. The van der Waals surface area contributed by atoms with E-state index in [0.717, 1.165) is 102 Å². The molecule has 0 amide bonds. The predicted molar refractivity (Wildman–Crippen MR) is 395 cm³/mol. The standard InChI is InChI=1S/C78H152O17P2/c1-7-10-12-14-16-18-20-22-24-26-28-29-31-33-35-37-39-41-50-56-62-77(82)94-73(66-88-75(80)60-54-48-40-38-36-34-32-30-27-25-23-21-19-17-15-13-11-8-2)68-92-96(84,85)90-64-72(79)65-91-97(86,87)93-69-74(67-89-76(81)61-55-49-44-42-46-52-58-70(4)5)95-78(83)63-57-51-45-43-47-53-59-71(6)9-3/h70-74,79H,7-69H2,1-6H3,(H,84,85)(H,86,87)/t71?,72-,73-,74-/m1/s1. The lowest BCUT2D eigenvalue weighted by Gasteiger charge is -2.21. The summed E-state index contributed by atoms with van der Waals surface area (Å²) in [4.78, 5) is 72.8. The quantitative estimate of drug-likeness (QED) is 0.0222. The number of phosphoric acid groups is 2. The molecule has 0 heterocycles. The molecule has 6 atom stereocenters. The number of esters is 4. The maximum atomic E-state index is 13.1. The van der Waals surface area contributed by atoms with Gasteiger partial charge in [0.15, 0.2) is 12.2 Å². The highest BCUT2D eigenvalue weighted by Gasteiger charge is 2.30. The second-order valence-electron chi connectivity index (χ2n) is 28.8. The average Bonchev–Trinajstić information content (AvgIpc) is 1.83. The lowest BCUT2D eigenvalue weighted by Crippen LogP contribution is -2.30. The zero-order valence-corrected chi connectivity index (χ0v) is 65.2. The van der Waals surface area contributed by atoms with Gasteiger partial charge in [0.2, 0.25) is 0 Å². The van der Waals surface area contributed by atoms with Crippen molar-refractivity contribution in [3.05, 3.63) is 0 Å². The Bertz CT molecular complexity index is 1870. The molecule has 0 aromatic heterocycles. The van der Waals surface area contributed by atoms with Crippen molar-refractivity contribution in [3.8, 4) is 0 Å². The van der Waals surface area contributed by atoms with Gasteiger partial charge in [-0.3, -0.25) is 37.3 Å². The number of carbonyl (C=O) groups excluding carboxylic acids is 4. The molecule has 0 aliphatic heterocycles. The van der Waals surface area contributed by atoms with Crippen molar-refractivity contribution in [2.45, 2.75) is 426 Å². The minimum atomic E-state index is -4.96. The summed E-state index contributed by atoms with van der Waals surface area (Å²) in [7, 11) is -9.91. The van der Waals surface area contributed by atoms with Gasteiger partial charge in [0.25, 0.3) is 0 Å². The molecule has 3 N–H and O–H groups in total. The van der Waals surface area contributed by atoms with E-state index < -0.39 is 97.5 Å². The molecular weight excluding hydrogens is 1270 g/mol. The van der Waals surface area contributed by atoms with Gasteiger partial charge in [0, 0.05) is 25.7 Å². The van der Waals surface area contributed by atoms with Crippen molar-refractivity contribution in [2.24, 2.45) is 11.8 Å². The third-order valence-electron chi connectivity index (χ3n) is 18.6. The summed E-state index contributed by atoms with van der Waals surface area (Å²) < 4.78 is 68.5. The van der Waals surface area contributed by atoms with E-state index in [0.29, 0.717) is 31.6 Å². The summed E-state index contributed by atoms with van der Waals surface area (Å²) in [5.41, 5.74) is 0. The number of carbonyl (C=O) groups is 4. The Hall–Kier alpha value is -1.94. The van der Waals surface area contributed by atoms with Gasteiger partial charge in [0.1, 0.15) is 19.3 Å². The van der Waals surface area contributed by atoms with Gasteiger partial charge < -0.3 is 33.8 Å². The lowest BCUT2D eigenvalue weighted by molar-refractivity contribution is -0.161. The third-order valence-corrected chi connectivity index (χ3v) is 20.5. The maximum Gasteiger partial charge on any atom is 0.472 e. The molecular formula is C78H152O17P2. The highest BCUT2D eigenvalue weighted by molar-refractivity contribution is 7.47. The molecule has 0 fully saturated rings. The normalized spacial score (nSPS) is 14.2. The number of unbranched alkanes of at least 4 members (excludes halogenated alkanes) is 46. The van der Waals surface area contributed by atoms with E-state index in [-0.39, 0.29) is 25.7 Å². The summed E-state index contributed by atoms with van der Waals surface area (Å²) in [6.07, 6.45) is 58.7. The lowest BCUT2D eigenvalue weighted by atomic mass is 10.00. The van der Waals surface area contributed by atoms with E-state index in [1.54, 1.807) is 0 Å². The van der Waals surface area contributed by atoms with Crippen LogP contribution in [0.15, 0.2) is 0 Å². The molecule has 17 nitrogen and oxygen atoms in total. The van der Waals surface area contributed by atoms with Crippen LogP contribution in [0, 0.1) is 11.8 Å². The van der Waals surface area contributed by atoms with Crippen LogP contribution >= 0.6 is 15.6 Å². The van der Waals surface area contributed by atoms with Crippen LogP contribution in [-0.4, -0.2) is 96.7 Å². The molecule has 0 bridgehead atoms. The summed E-state index contributed by atoms with van der Waals surface area (Å²) in [6.45, 7) is 9.47. The van der Waals surface area contributed by atoms with Crippen molar-refractivity contribution < 1.29 is 80.2 Å². The first kappa shape index (κ1) is 95.1. The fourth-order valence-electron chi connectivity index (χ4n) is 12.0. The van der Waals surface area contributed by atoms with Gasteiger partial charge in [-0.1, -0.05) is 356 Å². The Labute approximate surface area is 594 Å². The van der Waals surface area contributed by atoms with E-state index >= 15 is 0 Å². The van der Waals surface area contributed by atoms with Gasteiger partial charge in [-0.2, -0.15) is 0 Å². The molecule has 0 aliphatic rings. The van der Waals surface area contributed by atoms with Crippen molar-refractivity contribution in [2.75, 3.05) is 39.6 Å². The largest absolute Gasteiger partial charge is 0.472 e. The van der Waals surface area contributed by atoms with Crippen LogP contribution < -0.4 is 0 Å². The Morgan fingerprint density at radius 2 is 0.526 bits per heavy atom. The number of phosphoric ester groups is 2. The molecule has 0 spiro atoms. The molecule has 0 saturated heterocycles. The first-order valence-electron chi connectivity index (χ1n) is 40.5. The monoisotopic (exact) mass is 1420 g/mol. The third kappa shape index (κ3) is 70.9. The van der Waals surface area contributed by atoms with Gasteiger partial charge in [-0.05, 0) is 37.5 Å². The molecule has 0 rings (SSSR count). The van der Waals surface area contributed by atoms with Crippen LogP contribution in [0.5, 0.6) is 0 Å². The fraction of sp³-hybridized carbons (Fsp3) is 0.949. The number of rotatable bonds is 77. The predicted octanol–water partition coefficient (Wildman–Crippen LogP) is 23.1. The van der Waals surface area contributed by atoms with E-state index in [4.69, 9.17) is 37.0 Å². The van der Waals surface area contributed by atoms with Crippen molar-refractivity contribution in [1.29, 1.82) is 0 Å². The second-order valence-corrected chi connectivity index (χ2v) is 31.7.